The predicted octanol–water partition coefficient (Wildman–Crippen LogP) is 3.84. The van der Waals surface area contributed by atoms with Gasteiger partial charge in [0.05, 0.1) is 12.7 Å². The van der Waals surface area contributed by atoms with Gasteiger partial charge in [0.15, 0.2) is 0 Å². The van der Waals surface area contributed by atoms with Gasteiger partial charge in [0.1, 0.15) is 5.75 Å². The smallest absolute Gasteiger partial charge is 0.252 e. The number of aromatic nitrogens is 1. The topological polar surface area (TPSA) is 54.1 Å². The van der Waals surface area contributed by atoms with Crippen LogP contribution in [0.5, 0.6) is 5.75 Å². The molecule has 1 aliphatic carbocycles. The van der Waals surface area contributed by atoms with Gasteiger partial charge >= 0.3 is 0 Å². The van der Waals surface area contributed by atoms with Gasteiger partial charge in [0.25, 0.3) is 5.91 Å². The van der Waals surface area contributed by atoms with Crippen LogP contribution in [0.3, 0.4) is 0 Å². The molecule has 5 heteroatoms. The number of fused-ring (bicyclic) bond motifs is 3. The highest BCUT2D eigenvalue weighted by Crippen LogP contribution is 2.32. The highest BCUT2D eigenvalue weighted by Gasteiger charge is 2.27. The van der Waals surface area contributed by atoms with Gasteiger partial charge in [0, 0.05) is 33.5 Å². The molecule has 1 amide bonds. The molecule has 0 aliphatic heterocycles. The number of hydrogen-bond donors (Lipinski definition) is 2. The Labute approximate surface area is 148 Å². The van der Waals surface area contributed by atoms with Crippen molar-refractivity contribution in [2.45, 2.75) is 18.9 Å². The number of methoxy groups -OCH3 is 1. The first-order chi connectivity index (χ1) is 11.7. The molecule has 3 aromatic rings. The highest BCUT2D eigenvalue weighted by atomic mass is 79.9. The zero-order chi connectivity index (χ0) is 16.7. The fourth-order valence-corrected chi connectivity index (χ4v) is 3.86. The largest absolute Gasteiger partial charge is 0.497 e. The van der Waals surface area contributed by atoms with Gasteiger partial charge in [-0.05, 0) is 58.2 Å². The summed E-state index contributed by atoms with van der Waals surface area (Å²) in [7, 11) is 1.68. The van der Waals surface area contributed by atoms with Gasteiger partial charge in [-0.2, -0.15) is 0 Å². The quantitative estimate of drug-likeness (QED) is 0.720. The third-order valence-corrected chi connectivity index (χ3v) is 5.25. The van der Waals surface area contributed by atoms with E-state index in [4.69, 9.17) is 4.74 Å². The number of aromatic amines is 1. The molecule has 1 heterocycles. The number of rotatable bonds is 3. The lowest BCUT2D eigenvalue weighted by atomic mass is 10.1. The monoisotopic (exact) mass is 384 g/mol. The van der Waals surface area contributed by atoms with Crippen LogP contribution in [0.4, 0.5) is 0 Å². The number of carbonyl (C=O) groups excluding carboxylic acids is 1. The van der Waals surface area contributed by atoms with E-state index in [1.165, 1.54) is 16.6 Å². The van der Waals surface area contributed by atoms with Crippen LogP contribution in [0.2, 0.25) is 0 Å². The molecule has 0 spiro atoms. The number of hydrogen-bond acceptors (Lipinski definition) is 2. The molecule has 1 aromatic heterocycles. The zero-order valence-corrected chi connectivity index (χ0v) is 14.8. The van der Waals surface area contributed by atoms with Gasteiger partial charge < -0.3 is 15.0 Å². The molecule has 0 saturated carbocycles. The SMILES string of the molecule is COc1ccc2[nH]c3c(c2c1)CC(NC(=O)c1ccccc1Br)C3. The summed E-state index contributed by atoms with van der Waals surface area (Å²) in [6, 6.07) is 13.7. The summed E-state index contributed by atoms with van der Waals surface area (Å²) in [5.41, 5.74) is 4.27. The van der Waals surface area contributed by atoms with Crippen molar-refractivity contribution in [2.24, 2.45) is 0 Å². The van der Waals surface area contributed by atoms with Crippen molar-refractivity contribution in [3.8, 4) is 5.75 Å². The Hall–Kier alpha value is -2.27. The minimum absolute atomic E-state index is 0.0421. The Morgan fingerprint density at radius 1 is 1.25 bits per heavy atom. The Morgan fingerprint density at radius 3 is 2.88 bits per heavy atom. The molecule has 0 fully saturated rings. The Morgan fingerprint density at radius 2 is 2.08 bits per heavy atom. The van der Waals surface area contributed by atoms with E-state index in [2.05, 4.69) is 32.3 Å². The second kappa shape index (κ2) is 5.98. The fourth-order valence-electron chi connectivity index (χ4n) is 3.39. The van der Waals surface area contributed by atoms with Gasteiger partial charge in [-0.1, -0.05) is 12.1 Å². The first-order valence-electron chi connectivity index (χ1n) is 7.88. The predicted molar refractivity (Wildman–Crippen MR) is 97.7 cm³/mol. The average molecular weight is 385 g/mol. The number of amides is 1. The maximum atomic E-state index is 12.5. The summed E-state index contributed by atoms with van der Waals surface area (Å²) in [5, 5.41) is 4.32. The summed E-state index contributed by atoms with van der Waals surface area (Å²) in [6.07, 6.45) is 1.65. The van der Waals surface area contributed by atoms with Crippen molar-refractivity contribution in [2.75, 3.05) is 7.11 Å². The lowest BCUT2D eigenvalue weighted by Crippen LogP contribution is -2.35. The molecule has 2 aromatic carbocycles. The van der Waals surface area contributed by atoms with Crippen molar-refractivity contribution in [3.63, 3.8) is 0 Å². The summed E-state index contributed by atoms with van der Waals surface area (Å²) in [4.78, 5) is 16.0. The van der Waals surface area contributed by atoms with Crippen LogP contribution in [-0.4, -0.2) is 24.0 Å². The molecule has 0 bridgehead atoms. The van der Waals surface area contributed by atoms with Crippen LogP contribution in [-0.2, 0) is 12.8 Å². The number of carbonyl (C=O) groups is 1. The van der Waals surface area contributed by atoms with Crippen molar-refractivity contribution in [3.05, 3.63) is 63.8 Å². The summed E-state index contributed by atoms with van der Waals surface area (Å²) >= 11 is 3.43. The molecule has 2 N–H and O–H groups in total. The maximum Gasteiger partial charge on any atom is 0.252 e. The molecule has 4 rings (SSSR count). The van der Waals surface area contributed by atoms with Gasteiger partial charge in [-0.25, -0.2) is 0 Å². The lowest BCUT2D eigenvalue weighted by Gasteiger charge is -2.13. The molecule has 1 atom stereocenters. The van der Waals surface area contributed by atoms with Crippen LogP contribution >= 0.6 is 15.9 Å². The minimum Gasteiger partial charge on any atom is -0.497 e. The summed E-state index contributed by atoms with van der Waals surface area (Å²) in [5.74, 6) is 0.810. The third-order valence-electron chi connectivity index (χ3n) is 4.56. The van der Waals surface area contributed by atoms with E-state index in [9.17, 15) is 4.79 Å². The maximum absolute atomic E-state index is 12.5. The standard InChI is InChI=1S/C19H17BrN2O2/c1-24-12-6-7-17-15(10-12)14-8-11(9-18(14)22-17)21-19(23)13-4-2-3-5-16(13)20/h2-7,10-11,22H,8-9H2,1H3,(H,21,23). The molecule has 0 saturated heterocycles. The molecule has 24 heavy (non-hydrogen) atoms. The number of benzene rings is 2. The van der Waals surface area contributed by atoms with E-state index in [0.29, 0.717) is 5.56 Å². The molecule has 0 radical (unpaired) electrons. The van der Waals surface area contributed by atoms with Crippen LogP contribution in [0.15, 0.2) is 46.9 Å². The molecular weight excluding hydrogens is 368 g/mol. The van der Waals surface area contributed by atoms with Gasteiger partial charge in [0.2, 0.25) is 0 Å². The molecule has 1 unspecified atom stereocenters. The molecular formula is C19H17BrN2O2. The summed E-state index contributed by atoms with van der Waals surface area (Å²) < 4.78 is 6.14. The van der Waals surface area contributed by atoms with E-state index in [-0.39, 0.29) is 11.9 Å². The zero-order valence-electron chi connectivity index (χ0n) is 13.2. The number of halogens is 1. The van der Waals surface area contributed by atoms with Crippen molar-refractivity contribution in [1.29, 1.82) is 0 Å². The van der Waals surface area contributed by atoms with Crippen LogP contribution in [0.25, 0.3) is 10.9 Å². The Bertz CT molecular complexity index is 932. The van der Waals surface area contributed by atoms with Gasteiger partial charge in [-0.3, -0.25) is 4.79 Å². The van der Waals surface area contributed by atoms with Crippen molar-refractivity contribution < 1.29 is 9.53 Å². The van der Waals surface area contributed by atoms with Crippen LogP contribution in [0.1, 0.15) is 21.6 Å². The number of H-pyrrole nitrogens is 1. The Kier molecular flexibility index (Phi) is 3.81. The van der Waals surface area contributed by atoms with Crippen molar-refractivity contribution >= 4 is 32.7 Å². The number of nitrogens with one attached hydrogen (secondary N) is 2. The third kappa shape index (κ3) is 2.59. The second-order valence-electron chi connectivity index (χ2n) is 6.05. The minimum atomic E-state index is -0.0421. The lowest BCUT2D eigenvalue weighted by molar-refractivity contribution is 0.0937. The van der Waals surface area contributed by atoms with Crippen molar-refractivity contribution in [1.82, 2.24) is 10.3 Å². The highest BCUT2D eigenvalue weighted by molar-refractivity contribution is 9.10. The number of ether oxygens (including phenoxy) is 1. The summed E-state index contributed by atoms with van der Waals surface area (Å²) in [6.45, 7) is 0. The van der Waals surface area contributed by atoms with Crippen LogP contribution < -0.4 is 10.1 Å². The Balaban J connectivity index is 1.55. The average Bonchev–Trinajstić information content (AvgIpc) is 3.11. The second-order valence-corrected chi connectivity index (χ2v) is 6.91. The molecule has 122 valence electrons. The first-order valence-corrected chi connectivity index (χ1v) is 8.68. The van der Waals surface area contributed by atoms with E-state index in [1.807, 2.05) is 36.4 Å². The van der Waals surface area contributed by atoms with E-state index < -0.39 is 0 Å². The van der Waals surface area contributed by atoms with Crippen LogP contribution in [0, 0.1) is 0 Å². The fraction of sp³-hybridized carbons (Fsp3) is 0.211. The van der Waals surface area contributed by atoms with Gasteiger partial charge in [-0.15, -0.1) is 0 Å². The van der Waals surface area contributed by atoms with E-state index in [0.717, 1.165) is 28.6 Å². The molecule has 4 nitrogen and oxygen atoms in total. The normalized spacial score (nSPS) is 16.2. The first kappa shape index (κ1) is 15.3. The van der Waals surface area contributed by atoms with E-state index in [1.54, 1.807) is 7.11 Å². The molecule has 1 aliphatic rings. The van der Waals surface area contributed by atoms with E-state index >= 15 is 0 Å².